The van der Waals surface area contributed by atoms with E-state index in [0.717, 1.165) is 12.2 Å². The van der Waals surface area contributed by atoms with Crippen LogP contribution in [0, 0.1) is 0 Å². The van der Waals surface area contributed by atoms with Crippen LogP contribution in [0.1, 0.15) is 20.3 Å². The van der Waals surface area contributed by atoms with Crippen LogP contribution in [0.2, 0.25) is 0 Å². The van der Waals surface area contributed by atoms with Crippen molar-refractivity contribution in [3.63, 3.8) is 0 Å². The quantitative estimate of drug-likeness (QED) is 0.540. The van der Waals surface area contributed by atoms with Gasteiger partial charge in [0.2, 0.25) is 0 Å². The summed E-state index contributed by atoms with van der Waals surface area (Å²) in [6.07, 6.45) is 1.20. The van der Waals surface area contributed by atoms with E-state index in [1.807, 2.05) is 6.92 Å². The zero-order valence-corrected chi connectivity index (χ0v) is 6.07. The maximum absolute atomic E-state index is 3.80. The Bertz CT molecular complexity index is 76.5. The van der Waals surface area contributed by atoms with E-state index in [4.69, 9.17) is 0 Å². The van der Waals surface area contributed by atoms with Crippen molar-refractivity contribution in [3.8, 4) is 0 Å². The Hall–Kier alpha value is -0.460. The second-order valence-electron chi connectivity index (χ2n) is 2.16. The van der Waals surface area contributed by atoms with Gasteiger partial charge in [-0.15, -0.1) is 0 Å². The van der Waals surface area contributed by atoms with Crippen LogP contribution < -0.4 is 0 Å². The van der Waals surface area contributed by atoms with Crippen molar-refractivity contribution >= 4 is 0 Å². The van der Waals surface area contributed by atoms with Crippen LogP contribution in [0.3, 0.4) is 0 Å². The molecule has 0 rings (SSSR count). The molecule has 0 aliphatic rings. The third-order valence-electron chi connectivity index (χ3n) is 1.21. The monoisotopic (exact) mass is 113 g/mol. The molecule has 0 aromatic rings. The average Bonchev–Trinajstić information content (AvgIpc) is 1.67. The molecule has 1 heteroatoms. The van der Waals surface area contributed by atoms with E-state index in [-0.39, 0.29) is 0 Å². The first-order valence-corrected chi connectivity index (χ1v) is 3.05. The Labute approximate surface area is 52.0 Å². The summed E-state index contributed by atoms with van der Waals surface area (Å²) in [5.74, 6) is 0. The minimum atomic E-state index is 1.12. The van der Waals surface area contributed by atoms with E-state index in [9.17, 15) is 0 Å². The molecule has 48 valence electrons. The lowest BCUT2D eigenvalue weighted by Crippen LogP contribution is -2.15. The van der Waals surface area contributed by atoms with Crippen molar-refractivity contribution in [2.24, 2.45) is 0 Å². The van der Waals surface area contributed by atoms with Gasteiger partial charge in [0, 0.05) is 19.3 Å². The number of hydrogen-bond donors (Lipinski definition) is 0. The molecule has 0 aliphatic carbocycles. The standard InChI is InChI=1S/C7H15N/c1-5-6-8(4)7(2)3/h2,5-6H2,1,3-4H3. The highest BCUT2D eigenvalue weighted by atomic mass is 15.1. The van der Waals surface area contributed by atoms with E-state index in [2.05, 4.69) is 25.5 Å². The van der Waals surface area contributed by atoms with E-state index in [1.54, 1.807) is 0 Å². The van der Waals surface area contributed by atoms with E-state index >= 15 is 0 Å². The zero-order valence-electron chi connectivity index (χ0n) is 6.07. The Morgan fingerprint density at radius 1 is 1.62 bits per heavy atom. The molecule has 0 aromatic carbocycles. The molecule has 0 unspecified atom stereocenters. The first-order valence-electron chi connectivity index (χ1n) is 3.05. The van der Waals surface area contributed by atoms with Gasteiger partial charge in [0.25, 0.3) is 0 Å². The molecule has 0 atom stereocenters. The van der Waals surface area contributed by atoms with Gasteiger partial charge in [-0.1, -0.05) is 13.5 Å². The largest absolute Gasteiger partial charge is 0.379 e. The summed E-state index contributed by atoms with van der Waals surface area (Å²) in [4.78, 5) is 2.15. The second-order valence-corrected chi connectivity index (χ2v) is 2.16. The summed E-state index contributed by atoms with van der Waals surface area (Å²) in [6.45, 7) is 9.11. The van der Waals surface area contributed by atoms with Crippen LogP contribution in [0.15, 0.2) is 12.3 Å². The molecule has 1 nitrogen and oxygen atoms in total. The maximum Gasteiger partial charge on any atom is 0.0168 e. The van der Waals surface area contributed by atoms with Crippen LogP contribution in [0.25, 0.3) is 0 Å². The summed E-state index contributed by atoms with van der Waals surface area (Å²) in [5.41, 5.74) is 1.15. The fourth-order valence-electron chi connectivity index (χ4n) is 0.526. The number of allylic oxidation sites excluding steroid dienone is 1. The van der Waals surface area contributed by atoms with Crippen LogP contribution in [0.4, 0.5) is 0 Å². The van der Waals surface area contributed by atoms with Crippen molar-refractivity contribution in [2.45, 2.75) is 20.3 Å². The molecule has 0 heterocycles. The third kappa shape index (κ3) is 2.67. The lowest BCUT2D eigenvalue weighted by atomic mass is 10.4. The molecule has 0 aromatic heterocycles. The van der Waals surface area contributed by atoms with Crippen LogP contribution in [0.5, 0.6) is 0 Å². The van der Waals surface area contributed by atoms with Crippen LogP contribution >= 0.6 is 0 Å². The third-order valence-corrected chi connectivity index (χ3v) is 1.21. The van der Waals surface area contributed by atoms with Gasteiger partial charge < -0.3 is 4.90 Å². The summed E-state index contributed by atoms with van der Waals surface area (Å²) < 4.78 is 0. The van der Waals surface area contributed by atoms with Crippen molar-refractivity contribution in [1.29, 1.82) is 0 Å². The molecule has 0 amide bonds. The molecular formula is C7H15N. The van der Waals surface area contributed by atoms with Gasteiger partial charge in [0.1, 0.15) is 0 Å². The molecule has 8 heavy (non-hydrogen) atoms. The van der Waals surface area contributed by atoms with E-state index in [1.165, 1.54) is 6.42 Å². The second kappa shape index (κ2) is 3.53. The smallest absolute Gasteiger partial charge is 0.0168 e. The number of hydrogen-bond acceptors (Lipinski definition) is 1. The lowest BCUT2D eigenvalue weighted by molar-refractivity contribution is 0.420. The number of rotatable bonds is 3. The van der Waals surface area contributed by atoms with Gasteiger partial charge >= 0.3 is 0 Å². The maximum atomic E-state index is 3.80. The molecule has 0 N–H and O–H groups in total. The first-order chi connectivity index (χ1) is 3.68. The minimum absolute atomic E-state index is 1.12. The predicted molar refractivity (Wildman–Crippen MR) is 37.7 cm³/mol. The van der Waals surface area contributed by atoms with Crippen LogP contribution in [-0.2, 0) is 0 Å². The SMILES string of the molecule is C=C(C)N(C)CCC. The van der Waals surface area contributed by atoms with E-state index in [0.29, 0.717) is 0 Å². The van der Waals surface area contributed by atoms with Gasteiger partial charge in [0.15, 0.2) is 0 Å². The molecular weight excluding hydrogens is 98.1 g/mol. The fraction of sp³-hybridized carbons (Fsp3) is 0.714. The molecule has 0 saturated heterocycles. The Kier molecular flexibility index (Phi) is 3.33. The average molecular weight is 113 g/mol. The molecule has 0 spiro atoms. The van der Waals surface area contributed by atoms with Crippen LogP contribution in [-0.4, -0.2) is 18.5 Å². The van der Waals surface area contributed by atoms with Gasteiger partial charge in [0.05, 0.1) is 0 Å². The van der Waals surface area contributed by atoms with Crippen molar-refractivity contribution in [1.82, 2.24) is 4.90 Å². The van der Waals surface area contributed by atoms with Crippen molar-refractivity contribution in [2.75, 3.05) is 13.6 Å². The highest BCUT2D eigenvalue weighted by Gasteiger charge is 1.90. The lowest BCUT2D eigenvalue weighted by Gasteiger charge is -2.16. The minimum Gasteiger partial charge on any atom is -0.379 e. The predicted octanol–water partition coefficient (Wildman–Crippen LogP) is 1.86. The zero-order chi connectivity index (χ0) is 6.57. The molecule has 0 radical (unpaired) electrons. The van der Waals surface area contributed by atoms with Gasteiger partial charge in [-0.2, -0.15) is 0 Å². The highest BCUT2D eigenvalue weighted by molar-refractivity contribution is 4.85. The summed E-state index contributed by atoms with van der Waals surface area (Å²) in [7, 11) is 2.06. The molecule has 0 fully saturated rings. The molecule has 0 aliphatic heterocycles. The van der Waals surface area contributed by atoms with Gasteiger partial charge in [-0.3, -0.25) is 0 Å². The first kappa shape index (κ1) is 7.54. The Morgan fingerprint density at radius 3 is 2.25 bits per heavy atom. The summed E-state index contributed by atoms with van der Waals surface area (Å²) in [6, 6.07) is 0. The number of nitrogens with zero attached hydrogens (tertiary/aromatic N) is 1. The normalized spacial score (nSPS) is 8.88. The molecule has 0 saturated carbocycles. The fourth-order valence-corrected chi connectivity index (χ4v) is 0.526. The summed E-state index contributed by atoms with van der Waals surface area (Å²) >= 11 is 0. The van der Waals surface area contributed by atoms with Gasteiger partial charge in [-0.05, 0) is 13.3 Å². The molecule has 0 bridgehead atoms. The summed E-state index contributed by atoms with van der Waals surface area (Å²) in [5, 5.41) is 0. The van der Waals surface area contributed by atoms with Gasteiger partial charge in [-0.25, -0.2) is 0 Å². The van der Waals surface area contributed by atoms with Crippen molar-refractivity contribution in [3.05, 3.63) is 12.3 Å². The topological polar surface area (TPSA) is 3.24 Å². The highest BCUT2D eigenvalue weighted by Crippen LogP contribution is 1.95. The Morgan fingerprint density at radius 2 is 2.12 bits per heavy atom. The van der Waals surface area contributed by atoms with Crippen molar-refractivity contribution < 1.29 is 0 Å². The van der Waals surface area contributed by atoms with E-state index < -0.39 is 0 Å². The Balaban J connectivity index is 3.32.